The highest BCUT2D eigenvalue weighted by Crippen LogP contribution is 2.24. The minimum Gasteiger partial charge on any atom is -0.322 e. The zero-order valence-corrected chi connectivity index (χ0v) is 15.2. The number of rotatable bonds is 5. The van der Waals surface area contributed by atoms with Crippen LogP contribution in [0.2, 0.25) is 0 Å². The first kappa shape index (κ1) is 16.7. The highest BCUT2D eigenvalue weighted by atomic mass is 32.2. The van der Waals surface area contributed by atoms with Gasteiger partial charge in [0.2, 0.25) is 0 Å². The summed E-state index contributed by atoms with van der Waals surface area (Å²) >= 11 is 3.36. The molecule has 0 unspecified atom stereocenters. The summed E-state index contributed by atoms with van der Waals surface area (Å²) in [4.78, 5) is 17.0. The maximum Gasteiger partial charge on any atom is 0.255 e. The first-order valence-electron chi connectivity index (χ1n) is 7.57. The Balaban J connectivity index is 1.78. The molecule has 2 aromatic carbocycles. The van der Waals surface area contributed by atoms with Gasteiger partial charge in [0, 0.05) is 27.9 Å². The third kappa shape index (κ3) is 4.04. The van der Waals surface area contributed by atoms with Crippen molar-refractivity contribution in [2.24, 2.45) is 0 Å². The van der Waals surface area contributed by atoms with Gasteiger partial charge >= 0.3 is 0 Å². The molecule has 0 fully saturated rings. The van der Waals surface area contributed by atoms with Crippen molar-refractivity contribution in [1.82, 2.24) is 4.98 Å². The average molecular weight is 355 g/mol. The van der Waals surface area contributed by atoms with Crippen molar-refractivity contribution < 1.29 is 4.79 Å². The molecule has 5 heteroatoms. The van der Waals surface area contributed by atoms with Crippen molar-refractivity contribution >= 4 is 34.7 Å². The number of hydrogen-bond acceptors (Lipinski definition) is 4. The summed E-state index contributed by atoms with van der Waals surface area (Å²) in [5.41, 5.74) is 4.56. The van der Waals surface area contributed by atoms with E-state index in [1.165, 1.54) is 0 Å². The molecule has 1 aromatic heterocycles. The lowest BCUT2D eigenvalue weighted by atomic mass is 10.1. The zero-order chi connectivity index (χ0) is 16.9. The third-order valence-corrected chi connectivity index (χ3v) is 4.93. The zero-order valence-electron chi connectivity index (χ0n) is 13.6. The van der Waals surface area contributed by atoms with Crippen LogP contribution in [-0.2, 0) is 5.75 Å². The molecule has 3 nitrogen and oxygen atoms in total. The fourth-order valence-corrected chi connectivity index (χ4v) is 3.56. The van der Waals surface area contributed by atoms with Gasteiger partial charge in [-0.3, -0.25) is 4.79 Å². The molecule has 0 spiro atoms. The van der Waals surface area contributed by atoms with Crippen LogP contribution in [-0.4, -0.2) is 17.1 Å². The third-order valence-electron chi connectivity index (χ3n) is 3.54. The lowest BCUT2D eigenvalue weighted by Crippen LogP contribution is -2.12. The molecule has 0 saturated carbocycles. The van der Waals surface area contributed by atoms with Crippen LogP contribution in [0.15, 0.2) is 53.9 Å². The Bertz CT molecular complexity index is 858. The minimum absolute atomic E-state index is 0.0930. The van der Waals surface area contributed by atoms with Crippen LogP contribution < -0.4 is 5.32 Å². The van der Waals surface area contributed by atoms with Gasteiger partial charge in [-0.25, -0.2) is 4.98 Å². The summed E-state index contributed by atoms with van der Waals surface area (Å²) in [6.45, 7) is 1.99. The van der Waals surface area contributed by atoms with Crippen LogP contribution in [0.5, 0.6) is 0 Å². The Kier molecular flexibility index (Phi) is 5.33. The SMILES string of the molecule is CSCc1cccc(C(=O)Nc2cccc(-c3csc(C)n3)c2)c1. The smallest absolute Gasteiger partial charge is 0.255 e. The lowest BCUT2D eigenvalue weighted by Gasteiger charge is -2.08. The maximum absolute atomic E-state index is 12.5. The highest BCUT2D eigenvalue weighted by molar-refractivity contribution is 7.97. The summed E-state index contributed by atoms with van der Waals surface area (Å²) in [5.74, 6) is 0.810. The topological polar surface area (TPSA) is 42.0 Å². The van der Waals surface area contributed by atoms with Crippen LogP contribution in [0.25, 0.3) is 11.3 Å². The van der Waals surface area contributed by atoms with E-state index >= 15 is 0 Å². The van der Waals surface area contributed by atoms with Crippen molar-refractivity contribution in [3.8, 4) is 11.3 Å². The number of aromatic nitrogens is 1. The number of benzene rings is 2. The molecule has 0 aliphatic heterocycles. The summed E-state index contributed by atoms with van der Waals surface area (Å²) in [6.07, 6.45) is 2.05. The molecule has 122 valence electrons. The Morgan fingerprint density at radius 2 is 2.04 bits per heavy atom. The number of thioether (sulfide) groups is 1. The predicted octanol–water partition coefficient (Wildman–Crippen LogP) is 5.23. The van der Waals surface area contributed by atoms with Gasteiger partial charge in [-0.05, 0) is 43.0 Å². The minimum atomic E-state index is -0.0930. The standard InChI is InChI=1S/C19H18N2OS2/c1-13-20-18(12-24-13)15-6-4-8-17(10-15)21-19(22)16-7-3-5-14(9-16)11-23-2/h3-10,12H,11H2,1-2H3,(H,21,22). The lowest BCUT2D eigenvalue weighted by molar-refractivity contribution is 0.102. The number of nitrogens with one attached hydrogen (secondary N) is 1. The monoisotopic (exact) mass is 354 g/mol. The number of hydrogen-bond donors (Lipinski definition) is 1. The number of carbonyl (C=O) groups excluding carboxylic acids is 1. The van der Waals surface area contributed by atoms with Gasteiger partial charge in [0.15, 0.2) is 0 Å². The van der Waals surface area contributed by atoms with E-state index in [-0.39, 0.29) is 5.91 Å². The molecule has 0 saturated heterocycles. The van der Waals surface area contributed by atoms with Crippen molar-refractivity contribution in [3.63, 3.8) is 0 Å². The van der Waals surface area contributed by atoms with Crippen LogP contribution in [0.4, 0.5) is 5.69 Å². The maximum atomic E-state index is 12.5. The molecule has 0 radical (unpaired) electrons. The van der Waals surface area contributed by atoms with Gasteiger partial charge in [-0.15, -0.1) is 11.3 Å². The summed E-state index contributed by atoms with van der Waals surface area (Å²) in [6, 6.07) is 15.5. The van der Waals surface area contributed by atoms with Crippen LogP contribution in [0.3, 0.4) is 0 Å². The van der Waals surface area contributed by atoms with Crippen LogP contribution >= 0.6 is 23.1 Å². The summed E-state index contributed by atoms with van der Waals surface area (Å²) < 4.78 is 0. The second-order valence-electron chi connectivity index (χ2n) is 5.42. The van der Waals surface area contributed by atoms with E-state index in [0.29, 0.717) is 5.56 Å². The quantitative estimate of drug-likeness (QED) is 0.682. The highest BCUT2D eigenvalue weighted by Gasteiger charge is 2.08. The van der Waals surface area contributed by atoms with Gasteiger partial charge < -0.3 is 5.32 Å². The second-order valence-corrected chi connectivity index (χ2v) is 7.35. The molecule has 0 aliphatic rings. The van der Waals surface area contributed by atoms with Crippen LogP contribution in [0, 0.1) is 6.92 Å². The van der Waals surface area contributed by atoms with E-state index in [1.807, 2.05) is 60.8 Å². The van der Waals surface area contributed by atoms with Crippen molar-refractivity contribution in [3.05, 3.63) is 70.0 Å². The molecule has 0 bridgehead atoms. The first-order chi connectivity index (χ1) is 11.7. The van der Waals surface area contributed by atoms with Crippen molar-refractivity contribution in [2.75, 3.05) is 11.6 Å². The van der Waals surface area contributed by atoms with E-state index < -0.39 is 0 Å². The number of carbonyl (C=O) groups is 1. The summed E-state index contributed by atoms with van der Waals surface area (Å²) in [7, 11) is 0. The number of anilines is 1. The molecular weight excluding hydrogens is 336 g/mol. The Morgan fingerprint density at radius 1 is 1.21 bits per heavy atom. The van der Waals surface area contributed by atoms with E-state index in [4.69, 9.17) is 0 Å². The molecular formula is C19H18N2OS2. The van der Waals surface area contributed by atoms with Gasteiger partial charge in [-0.1, -0.05) is 24.3 Å². The number of thiazole rings is 1. The second kappa shape index (κ2) is 7.64. The largest absolute Gasteiger partial charge is 0.322 e. The van der Waals surface area contributed by atoms with E-state index in [1.54, 1.807) is 23.1 Å². The predicted molar refractivity (Wildman–Crippen MR) is 104 cm³/mol. The number of aryl methyl sites for hydroxylation is 1. The van der Waals surface area contributed by atoms with E-state index in [0.717, 1.165) is 33.3 Å². The molecule has 24 heavy (non-hydrogen) atoms. The van der Waals surface area contributed by atoms with Crippen LogP contribution in [0.1, 0.15) is 20.9 Å². The molecule has 3 aromatic rings. The number of amides is 1. The van der Waals surface area contributed by atoms with E-state index in [2.05, 4.69) is 16.6 Å². The molecule has 3 rings (SSSR count). The molecule has 0 aliphatic carbocycles. The molecule has 1 N–H and O–H groups in total. The molecule has 1 amide bonds. The van der Waals surface area contributed by atoms with Gasteiger partial charge in [-0.2, -0.15) is 11.8 Å². The Morgan fingerprint density at radius 3 is 2.79 bits per heavy atom. The number of nitrogens with zero attached hydrogens (tertiary/aromatic N) is 1. The van der Waals surface area contributed by atoms with E-state index in [9.17, 15) is 4.79 Å². The molecule has 0 atom stereocenters. The first-order valence-corrected chi connectivity index (χ1v) is 9.85. The normalized spacial score (nSPS) is 10.6. The van der Waals surface area contributed by atoms with Gasteiger partial charge in [0.1, 0.15) is 0 Å². The van der Waals surface area contributed by atoms with Gasteiger partial charge in [0.05, 0.1) is 10.7 Å². The fourth-order valence-electron chi connectivity index (χ4n) is 2.42. The fraction of sp³-hybridized carbons (Fsp3) is 0.158. The Hall–Kier alpha value is -2.11. The average Bonchev–Trinajstić information content (AvgIpc) is 3.02. The van der Waals surface area contributed by atoms with Gasteiger partial charge in [0.25, 0.3) is 5.91 Å². The molecule has 1 heterocycles. The van der Waals surface area contributed by atoms with Crippen molar-refractivity contribution in [1.29, 1.82) is 0 Å². The Labute approximate surface area is 150 Å². The van der Waals surface area contributed by atoms with Crippen molar-refractivity contribution in [2.45, 2.75) is 12.7 Å². The summed E-state index contributed by atoms with van der Waals surface area (Å²) in [5, 5.41) is 6.04.